The van der Waals surface area contributed by atoms with Gasteiger partial charge in [0.15, 0.2) is 0 Å². The van der Waals surface area contributed by atoms with Gasteiger partial charge in [0.2, 0.25) is 0 Å². The fourth-order valence-electron chi connectivity index (χ4n) is 2.47. The second kappa shape index (κ2) is 7.98. The fourth-order valence-corrected chi connectivity index (χ4v) is 2.47. The van der Waals surface area contributed by atoms with Gasteiger partial charge in [-0.15, -0.1) is 24.8 Å². The molecule has 3 nitrogen and oxygen atoms in total. The number of nitrogens with zero attached hydrogens (tertiary/aromatic N) is 2. The van der Waals surface area contributed by atoms with Gasteiger partial charge < -0.3 is 9.88 Å². The van der Waals surface area contributed by atoms with Crippen LogP contribution in [0, 0.1) is 0 Å². The van der Waals surface area contributed by atoms with Gasteiger partial charge in [-0.3, -0.25) is 4.90 Å². The largest absolute Gasteiger partial charge is 0.353 e. The first-order valence-corrected chi connectivity index (χ1v) is 5.89. The average molecular weight is 280 g/mol. The van der Waals surface area contributed by atoms with Crippen molar-refractivity contribution in [3.63, 3.8) is 0 Å². The van der Waals surface area contributed by atoms with Crippen molar-refractivity contribution in [2.24, 2.45) is 7.05 Å². The van der Waals surface area contributed by atoms with Gasteiger partial charge in [0.1, 0.15) is 0 Å². The molecule has 0 saturated carbocycles. The predicted molar refractivity (Wildman–Crippen MR) is 77.4 cm³/mol. The van der Waals surface area contributed by atoms with E-state index in [1.807, 2.05) is 0 Å². The third kappa shape index (κ3) is 3.88. The molecule has 1 saturated heterocycles. The number of hydrogen-bond donors (Lipinski definition) is 1. The highest BCUT2D eigenvalue weighted by atomic mass is 35.5. The van der Waals surface area contributed by atoms with Crippen molar-refractivity contribution in [3.8, 4) is 0 Å². The van der Waals surface area contributed by atoms with E-state index in [1.54, 1.807) is 0 Å². The summed E-state index contributed by atoms with van der Waals surface area (Å²) in [4.78, 5) is 2.59. The van der Waals surface area contributed by atoms with Gasteiger partial charge in [0.25, 0.3) is 0 Å². The van der Waals surface area contributed by atoms with Gasteiger partial charge in [-0.2, -0.15) is 0 Å². The van der Waals surface area contributed by atoms with E-state index >= 15 is 0 Å². The molecule has 17 heavy (non-hydrogen) atoms. The van der Waals surface area contributed by atoms with Crippen molar-refractivity contribution in [1.29, 1.82) is 0 Å². The minimum atomic E-state index is 0. The Kier molecular flexibility index (Phi) is 7.88. The zero-order valence-corrected chi connectivity index (χ0v) is 12.2. The van der Waals surface area contributed by atoms with Gasteiger partial charge in [-0.05, 0) is 18.6 Å². The molecule has 5 heteroatoms. The number of halogens is 2. The summed E-state index contributed by atoms with van der Waals surface area (Å²) in [5.41, 5.74) is 1.44. The number of rotatable bonds is 3. The van der Waals surface area contributed by atoms with E-state index < -0.39 is 0 Å². The first-order valence-electron chi connectivity index (χ1n) is 5.89. The molecule has 2 heterocycles. The molecule has 0 unspecified atom stereocenters. The highest BCUT2D eigenvalue weighted by Gasteiger charge is 2.21. The summed E-state index contributed by atoms with van der Waals surface area (Å²) in [6.07, 6.45) is 3.33. The molecule has 0 radical (unpaired) electrons. The molecule has 1 fully saturated rings. The van der Waals surface area contributed by atoms with Gasteiger partial charge >= 0.3 is 0 Å². The summed E-state index contributed by atoms with van der Waals surface area (Å²) in [6.45, 7) is 6.87. The fraction of sp³-hybridized carbons (Fsp3) is 0.667. The molecule has 0 aliphatic carbocycles. The molecule has 1 aliphatic heterocycles. The zero-order chi connectivity index (χ0) is 10.7. The third-order valence-corrected chi connectivity index (χ3v) is 3.30. The van der Waals surface area contributed by atoms with Gasteiger partial charge in [-0.1, -0.05) is 6.92 Å². The monoisotopic (exact) mass is 279 g/mol. The van der Waals surface area contributed by atoms with E-state index in [-0.39, 0.29) is 24.8 Å². The van der Waals surface area contributed by atoms with Gasteiger partial charge in [0, 0.05) is 51.2 Å². The van der Waals surface area contributed by atoms with Crippen LogP contribution in [-0.4, -0.2) is 35.6 Å². The second-order valence-corrected chi connectivity index (χ2v) is 4.25. The Morgan fingerprint density at radius 2 is 1.94 bits per heavy atom. The first-order chi connectivity index (χ1) is 7.33. The molecule has 100 valence electrons. The number of nitrogens with one attached hydrogen (secondary N) is 1. The van der Waals surface area contributed by atoms with Crippen LogP contribution >= 0.6 is 24.8 Å². The van der Waals surface area contributed by atoms with Crippen molar-refractivity contribution < 1.29 is 0 Å². The van der Waals surface area contributed by atoms with E-state index in [0.717, 1.165) is 13.1 Å². The Hall–Kier alpha value is -0.220. The van der Waals surface area contributed by atoms with Crippen LogP contribution in [0.25, 0.3) is 0 Å². The van der Waals surface area contributed by atoms with Crippen molar-refractivity contribution >= 4 is 24.8 Å². The summed E-state index contributed by atoms with van der Waals surface area (Å²) < 4.78 is 2.25. The topological polar surface area (TPSA) is 20.2 Å². The molecular weight excluding hydrogens is 257 g/mol. The number of aromatic nitrogens is 1. The zero-order valence-electron chi connectivity index (χ0n) is 10.6. The number of aryl methyl sites for hydroxylation is 1. The highest BCUT2D eigenvalue weighted by Crippen LogP contribution is 2.24. The Labute approximate surface area is 116 Å². The maximum atomic E-state index is 3.41. The lowest BCUT2D eigenvalue weighted by atomic mass is 10.1. The third-order valence-electron chi connectivity index (χ3n) is 3.30. The van der Waals surface area contributed by atoms with Crippen LogP contribution in [0.5, 0.6) is 0 Å². The molecule has 1 atom stereocenters. The van der Waals surface area contributed by atoms with Crippen LogP contribution in [0.3, 0.4) is 0 Å². The van der Waals surface area contributed by atoms with Crippen LogP contribution in [0.1, 0.15) is 25.1 Å². The van der Waals surface area contributed by atoms with E-state index in [2.05, 4.69) is 47.1 Å². The number of hydrogen-bond acceptors (Lipinski definition) is 2. The summed E-state index contributed by atoms with van der Waals surface area (Å²) in [5.74, 6) is 0. The lowest BCUT2D eigenvalue weighted by Gasteiger charge is -2.34. The Morgan fingerprint density at radius 3 is 2.41 bits per heavy atom. The average Bonchev–Trinajstić information content (AvgIpc) is 2.68. The molecule has 1 aromatic heterocycles. The molecular formula is C12H23Cl2N3. The quantitative estimate of drug-likeness (QED) is 0.916. The Bertz CT molecular complexity index is 308. The Balaban J connectivity index is 0.00000128. The van der Waals surface area contributed by atoms with Gasteiger partial charge in [-0.25, -0.2) is 0 Å². The maximum Gasteiger partial charge on any atom is 0.0498 e. The van der Waals surface area contributed by atoms with E-state index in [4.69, 9.17) is 0 Å². The molecule has 0 spiro atoms. The molecule has 0 bridgehead atoms. The van der Waals surface area contributed by atoms with Gasteiger partial charge in [0.05, 0.1) is 0 Å². The second-order valence-electron chi connectivity index (χ2n) is 4.25. The molecule has 1 aliphatic rings. The molecule has 1 N–H and O–H groups in total. The molecule has 0 aromatic carbocycles. The van der Waals surface area contributed by atoms with Crippen LogP contribution in [0.4, 0.5) is 0 Å². The summed E-state index contributed by atoms with van der Waals surface area (Å²) >= 11 is 0. The van der Waals surface area contributed by atoms with E-state index in [1.165, 1.54) is 25.2 Å². The summed E-state index contributed by atoms with van der Waals surface area (Å²) in [7, 11) is 2.14. The smallest absolute Gasteiger partial charge is 0.0498 e. The van der Waals surface area contributed by atoms with Crippen molar-refractivity contribution in [1.82, 2.24) is 14.8 Å². The van der Waals surface area contributed by atoms with Crippen LogP contribution in [-0.2, 0) is 7.05 Å². The first kappa shape index (κ1) is 16.8. The number of piperazine rings is 1. The summed E-state index contributed by atoms with van der Waals surface area (Å²) in [6, 6.07) is 4.98. The standard InChI is InChI=1S/C12H21N3.2ClH/c1-3-11(12-5-4-8-14(12)2)15-9-6-13-7-10-15;;/h4-5,8,11,13H,3,6-7,9-10H2,1-2H3;2*1H/t11-;;/m1../s1. The SMILES string of the molecule is CC[C@H](c1cccn1C)N1CCNCC1.Cl.Cl. The van der Waals surface area contributed by atoms with Crippen molar-refractivity contribution in [2.45, 2.75) is 19.4 Å². The van der Waals surface area contributed by atoms with Crippen LogP contribution in [0.2, 0.25) is 0 Å². The predicted octanol–water partition coefficient (Wildman–Crippen LogP) is 2.23. The minimum Gasteiger partial charge on any atom is -0.353 e. The van der Waals surface area contributed by atoms with E-state index in [9.17, 15) is 0 Å². The lowest BCUT2D eigenvalue weighted by molar-refractivity contribution is 0.164. The Morgan fingerprint density at radius 1 is 1.29 bits per heavy atom. The normalized spacial score (nSPS) is 18.0. The van der Waals surface area contributed by atoms with Crippen molar-refractivity contribution in [2.75, 3.05) is 26.2 Å². The molecule has 1 aromatic rings. The highest BCUT2D eigenvalue weighted by molar-refractivity contribution is 5.85. The van der Waals surface area contributed by atoms with E-state index in [0.29, 0.717) is 6.04 Å². The summed E-state index contributed by atoms with van der Waals surface area (Å²) in [5, 5.41) is 3.41. The van der Waals surface area contributed by atoms with Crippen LogP contribution in [0.15, 0.2) is 18.3 Å². The van der Waals surface area contributed by atoms with Crippen molar-refractivity contribution in [3.05, 3.63) is 24.0 Å². The molecule has 0 amide bonds. The van der Waals surface area contributed by atoms with Crippen LogP contribution < -0.4 is 5.32 Å². The minimum absolute atomic E-state index is 0. The molecule has 2 rings (SSSR count). The maximum absolute atomic E-state index is 3.41. The lowest BCUT2D eigenvalue weighted by Crippen LogP contribution is -2.45.